The summed E-state index contributed by atoms with van der Waals surface area (Å²) in [6, 6.07) is 10.3. The fraction of sp³-hybridized carbons (Fsp3) is 0.538. The Bertz CT molecular complexity index is 230. The maximum atomic E-state index is 9.28. The Hall–Kier alpha value is -0.820. The molecule has 0 saturated heterocycles. The van der Waals surface area contributed by atoms with Crippen LogP contribution in [0.25, 0.3) is 0 Å². The van der Waals surface area contributed by atoms with Crippen LogP contribution < -0.4 is 0 Å². The second-order valence-corrected chi connectivity index (χ2v) is 3.79. The van der Waals surface area contributed by atoms with Gasteiger partial charge in [0.2, 0.25) is 0 Å². The average molecular weight is 192 g/mol. The molecule has 0 heterocycles. The van der Waals surface area contributed by atoms with E-state index in [9.17, 15) is 5.11 Å². The highest BCUT2D eigenvalue weighted by atomic mass is 16.3. The van der Waals surface area contributed by atoms with Crippen LogP contribution in [0.4, 0.5) is 0 Å². The molecular weight excluding hydrogens is 172 g/mol. The molecule has 0 saturated carbocycles. The zero-order valence-corrected chi connectivity index (χ0v) is 8.95. The topological polar surface area (TPSA) is 20.2 Å². The molecule has 1 aromatic carbocycles. The van der Waals surface area contributed by atoms with E-state index in [1.54, 1.807) is 0 Å². The highest BCUT2D eigenvalue weighted by Gasteiger charge is 2.08. The maximum Gasteiger partial charge on any atom is 0.0499 e. The van der Waals surface area contributed by atoms with E-state index in [2.05, 4.69) is 19.1 Å². The summed E-state index contributed by atoms with van der Waals surface area (Å²) >= 11 is 0. The molecule has 1 unspecified atom stereocenters. The number of hydrogen-bond acceptors (Lipinski definition) is 1. The zero-order chi connectivity index (χ0) is 10.2. The molecule has 0 aliphatic rings. The third-order valence-electron chi connectivity index (χ3n) is 2.65. The lowest BCUT2D eigenvalue weighted by molar-refractivity contribution is 0.256. The minimum Gasteiger partial charge on any atom is -0.396 e. The first kappa shape index (κ1) is 11.3. The van der Waals surface area contributed by atoms with Crippen LogP contribution in [-0.2, 0) is 0 Å². The van der Waals surface area contributed by atoms with Gasteiger partial charge in [-0.25, -0.2) is 0 Å². The van der Waals surface area contributed by atoms with E-state index in [0.29, 0.717) is 5.92 Å². The summed E-state index contributed by atoms with van der Waals surface area (Å²) < 4.78 is 0. The average Bonchev–Trinajstić information content (AvgIpc) is 2.26. The van der Waals surface area contributed by atoms with Gasteiger partial charge in [-0.15, -0.1) is 0 Å². The van der Waals surface area contributed by atoms with Crippen molar-refractivity contribution in [2.45, 2.75) is 38.5 Å². The molecule has 0 aliphatic carbocycles. The standard InChI is InChI=1S/C13H20O/c1-2-3-5-10-13(11-14)12-8-6-4-7-9-12/h4,6-9,13-14H,2-3,5,10-11H2,1H3. The summed E-state index contributed by atoms with van der Waals surface area (Å²) in [5.41, 5.74) is 1.27. The molecule has 1 aromatic rings. The molecule has 1 atom stereocenters. The van der Waals surface area contributed by atoms with E-state index in [1.807, 2.05) is 18.2 Å². The Morgan fingerprint density at radius 3 is 2.43 bits per heavy atom. The molecule has 14 heavy (non-hydrogen) atoms. The minimum absolute atomic E-state index is 0.272. The first-order chi connectivity index (χ1) is 6.88. The van der Waals surface area contributed by atoms with Crippen LogP contribution in [-0.4, -0.2) is 11.7 Å². The number of aliphatic hydroxyl groups is 1. The lowest BCUT2D eigenvalue weighted by atomic mass is 9.94. The SMILES string of the molecule is CCCCCC(CO)c1ccccc1. The Morgan fingerprint density at radius 1 is 1.14 bits per heavy atom. The molecule has 0 fully saturated rings. The van der Waals surface area contributed by atoms with Gasteiger partial charge in [0.05, 0.1) is 0 Å². The molecule has 1 heteroatoms. The Labute approximate surface area is 86.8 Å². The van der Waals surface area contributed by atoms with Crippen LogP contribution in [0, 0.1) is 0 Å². The molecule has 0 bridgehead atoms. The van der Waals surface area contributed by atoms with Crippen molar-refractivity contribution < 1.29 is 5.11 Å². The summed E-state index contributed by atoms with van der Waals surface area (Å²) in [6.07, 6.45) is 4.83. The van der Waals surface area contributed by atoms with Gasteiger partial charge in [-0.05, 0) is 12.0 Å². The van der Waals surface area contributed by atoms with Crippen molar-refractivity contribution in [3.63, 3.8) is 0 Å². The lowest BCUT2D eigenvalue weighted by Gasteiger charge is -2.13. The van der Waals surface area contributed by atoms with Gasteiger partial charge in [-0.2, -0.15) is 0 Å². The Balaban J connectivity index is 2.46. The fourth-order valence-electron chi connectivity index (χ4n) is 1.73. The molecule has 0 amide bonds. The van der Waals surface area contributed by atoms with Gasteiger partial charge in [-0.1, -0.05) is 56.5 Å². The monoisotopic (exact) mass is 192 g/mol. The lowest BCUT2D eigenvalue weighted by Crippen LogP contribution is -2.03. The largest absolute Gasteiger partial charge is 0.396 e. The summed E-state index contributed by atoms with van der Waals surface area (Å²) in [5.74, 6) is 0.336. The van der Waals surface area contributed by atoms with Crippen molar-refractivity contribution >= 4 is 0 Å². The molecule has 0 aromatic heterocycles. The molecule has 1 rings (SSSR count). The predicted octanol–water partition coefficient (Wildman–Crippen LogP) is 3.34. The first-order valence-corrected chi connectivity index (χ1v) is 5.54. The van der Waals surface area contributed by atoms with E-state index in [0.717, 1.165) is 6.42 Å². The number of hydrogen-bond donors (Lipinski definition) is 1. The molecule has 0 aliphatic heterocycles. The summed E-state index contributed by atoms with van der Waals surface area (Å²) in [5, 5.41) is 9.28. The molecule has 1 N–H and O–H groups in total. The van der Waals surface area contributed by atoms with Crippen LogP contribution >= 0.6 is 0 Å². The van der Waals surface area contributed by atoms with Crippen molar-refractivity contribution in [1.29, 1.82) is 0 Å². The van der Waals surface area contributed by atoms with E-state index in [1.165, 1.54) is 24.8 Å². The van der Waals surface area contributed by atoms with E-state index in [-0.39, 0.29) is 6.61 Å². The van der Waals surface area contributed by atoms with Crippen molar-refractivity contribution in [3.8, 4) is 0 Å². The molecule has 78 valence electrons. The van der Waals surface area contributed by atoms with Crippen LogP contribution in [0.3, 0.4) is 0 Å². The zero-order valence-electron chi connectivity index (χ0n) is 8.95. The summed E-state index contributed by atoms with van der Waals surface area (Å²) in [6.45, 7) is 2.48. The van der Waals surface area contributed by atoms with Crippen LogP contribution in [0.5, 0.6) is 0 Å². The second kappa shape index (κ2) is 6.61. The smallest absolute Gasteiger partial charge is 0.0499 e. The van der Waals surface area contributed by atoms with Gasteiger partial charge >= 0.3 is 0 Å². The molecular formula is C13H20O. The Kier molecular flexibility index (Phi) is 5.31. The van der Waals surface area contributed by atoms with Gasteiger partial charge in [0.25, 0.3) is 0 Å². The van der Waals surface area contributed by atoms with Gasteiger partial charge in [0, 0.05) is 12.5 Å². The van der Waals surface area contributed by atoms with Crippen LogP contribution in [0.2, 0.25) is 0 Å². The van der Waals surface area contributed by atoms with Gasteiger partial charge in [-0.3, -0.25) is 0 Å². The van der Waals surface area contributed by atoms with Gasteiger partial charge < -0.3 is 5.11 Å². The molecule has 0 spiro atoms. The van der Waals surface area contributed by atoms with Crippen molar-refractivity contribution in [1.82, 2.24) is 0 Å². The minimum atomic E-state index is 0.272. The van der Waals surface area contributed by atoms with Crippen molar-refractivity contribution in [3.05, 3.63) is 35.9 Å². The van der Waals surface area contributed by atoms with E-state index >= 15 is 0 Å². The molecule has 1 nitrogen and oxygen atoms in total. The number of benzene rings is 1. The van der Waals surface area contributed by atoms with E-state index < -0.39 is 0 Å². The maximum absolute atomic E-state index is 9.28. The van der Waals surface area contributed by atoms with Crippen molar-refractivity contribution in [2.75, 3.05) is 6.61 Å². The highest BCUT2D eigenvalue weighted by Crippen LogP contribution is 2.21. The van der Waals surface area contributed by atoms with Crippen LogP contribution in [0.1, 0.15) is 44.1 Å². The van der Waals surface area contributed by atoms with Gasteiger partial charge in [0.15, 0.2) is 0 Å². The van der Waals surface area contributed by atoms with E-state index in [4.69, 9.17) is 0 Å². The van der Waals surface area contributed by atoms with Gasteiger partial charge in [0.1, 0.15) is 0 Å². The number of aliphatic hydroxyl groups excluding tert-OH is 1. The fourth-order valence-corrected chi connectivity index (χ4v) is 1.73. The quantitative estimate of drug-likeness (QED) is 0.685. The third-order valence-corrected chi connectivity index (χ3v) is 2.65. The first-order valence-electron chi connectivity index (χ1n) is 5.54. The molecule has 0 radical (unpaired) electrons. The van der Waals surface area contributed by atoms with Crippen LogP contribution in [0.15, 0.2) is 30.3 Å². The highest BCUT2D eigenvalue weighted by molar-refractivity contribution is 5.19. The van der Waals surface area contributed by atoms with Crippen molar-refractivity contribution in [2.24, 2.45) is 0 Å². The predicted molar refractivity (Wildman–Crippen MR) is 60.4 cm³/mol. The number of unbranched alkanes of at least 4 members (excludes halogenated alkanes) is 2. The summed E-state index contributed by atoms with van der Waals surface area (Å²) in [4.78, 5) is 0. The number of rotatable bonds is 6. The Morgan fingerprint density at radius 2 is 1.86 bits per heavy atom. The second-order valence-electron chi connectivity index (χ2n) is 3.79. The third kappa shape index (κ3) is 3.51. The normalized spacial score (nSPS) is 12.7. The summed E-state index contributed by atoms with van der Waals surface area (Å²) in [7, 11) is 0.